The first-order valence-corrected chi connectivity index (χ1v) is 8.11. The maximum atomic E-state index is 12.7. The van der Waals surface area contributed by atoms with Gasteiger partial charge in [-0.2, -0.15) is 0 Å². The molecule has 0 N–H and O–H groups in total. The first kappa shape index (κ1) is 17.8. The number of Topliss-reactive ketones (excluding diaryl/α,β-unsaturated/α-hetero) is 1. The molecule has 0 spiro atoms. The molecular weight excluding hydrogens is 364 g/mol. The lowest BCUT2D eigenvalue weighted by Gasteiger charge is -2.18. The van der Waals surface area contributed by atoms with Crippen LogP contribution in [0.5, 0.6) is 17.2 Å². The first-order chi connectivity index (χ1) is 10.9. The predicted molar refractivity (Wildman–Crippen MR) is 92.0 cm³/mol. The second-order valence-corrected chi connectivity index (χ2v) is 6.29. The highest BCUT2D eigenvalue weighted by molar-refractivity contribution is 9.15. The standard InChI is InChI=1S/C17H21BrO5/c1-9(2)23-10-6-12(18)15-11(13(19)7-10)8-14(20-3)16(21-4)17(15)22-5/h6,8-10H,7H2,1-5H3. The van der Waals surface area contributed by atoms with E-state index in [0.29, 0.717) is 28.4 Å². The molecule has 126 valence electrons. The quantitative estimate of drug-likeness (QED) is 0.771. The Morgan fingerprint density at radius 1 is 1.13 bits per heavy atom. The molecule has 0 saturated heterocycles. The van der Waals surface area contributed by atoms with Crippen molar-refractivity contribution in [3.63, 3.8) is 0 Å². The molecule has 1 aliphatic rings. The largest absolute Gasteiger partial charge is 0.493 e. The number of carbonyl (C=O) groups is 1. The van der Waals surface area contributed by atoms with Crippen LogP contribution in [-0.2, 0) is 4.74 Å². The Kier molecular flexibility index (Phi) is 5.70. The molecule has 2 rings (SSSR count). The van der Waals surface area contributed by atoms with Gasteiger partial charge in [0.15, 0.2) is 17.3 Å². The van der Waals surface area contributed by atoms with E-state index in [4.69, 9.17) is 18.9 Å². The van der Waals surface area contributed by atoms with E-state index < -0.39 is 0 Å². The second-order valence-electron chi connectivity index (χ2n) is 5.43. The molecule has 0 heterocycles. The highest BCUT2D eigenvalue weighted by Gasteiger charge is 2.30. The van der Waals surface area contributed by atoms with Crippen molar-refractivity contribution in [2.24, 2.45) is 0 Å². The van der Waals surface area contributed by atoms with Crippen molar-refractivity contribution in [3.8, 4) is 17.2 Å². The van der Waals surface area contributed by atoms with E-state index in [1.807, 2.05) is 19.9 Å². The number of fused-ring (bicyclic) bond motifs is 1. The smallest absolute Gasteiger partial charge is 0.203 e. The molecule has 0 amide bonds. The lowest BCUT2D eigenvalue weighted by molar-refractivity contribution is 0.0314. The number of hydrogen-bond acceptors (Lipinski definition) is 5. The van der Waals surface area contributed by atoms with Gasteiger partial charge >= 0.3 is 0 Å². The summed E-state index contributed by atoms with van der Waals surface area (Å²) in [6.07, 6.45) is 1.87. The molecule has 1 aliphatic carbocycles. The first-order valence-electron chi connectivity index (χ1n) is 7.32. The fraction of sp³-hybridized carbons (Fsp3) is 0.471. The van der Waals surface area contributed by atoms with Gasteiger partial charge in [0.25, 0.3) is 0 Å². The van der Waals surface area contributed by atoms with E-state index >= 15 is 0 Å². The predicted octanol–water partition coefficient (Wildman–Crippen LogP) is 3.83. The summed E-state index contributed by atoms with van der Waals surface area (Å²) in [4.78, 5) is 12.7. The van der Waals surface area contributed by atoms with Crippen LogP contribution in [0.15, 0.2) is 12.1 Å². The van der Waals surface area contributed by atoms with Crippen LogP contribution in [0.4, 0.5) is 0 Å². The topological polar surface area (TPSA) is 54.0 Å². The molecule has 1 aromatic carbocycles. The fourth-order valence-electron chi connectivity index (χ4n) is 2.65. The van der Waals surface area contributed by atoms with Crippen LogP contribution in [0, 0.1) is 0 Å². The van der Waals surface area contributed by atoms with Crippen molar-refractivity contribution < 1.29 is 23.7 Å². The summed E-state index contributed by atoms with van der Waals surface area (Å²) in [7, 11) is 4.60. The van der Waals surface area contributed by atoms with Crippen LogP contribution in [0.3, 0.4) is 0 Å². The van der Waals surface area contributed by atoms with Crippen LogP contribution in [0.2, 0.25) is 0 Å². The molecule has 0 radical (unpaired) electrons. The zero-order valence-corrected chi connectivity index (χ0v) is 15.5. The summed E-state index contributed by atoms with van der Waals surface area (Å²) < 4.78 is 22.8. The number of rotatable bonds is 5. The van der Waals surface area contributed by atoms with Gasteiger partial charge in [0.2, 0.25) is 5.75 Å². The van der Waals surface area contributed by atoms with E-state index in [2.05, 4.69) is 15.9 Å². The number of ether oxygens (including phenoxy) is 4. The molecule has 23 heavy (non-hydrogen) atoms. The third-order valence-corrected chi connectivity index (χ3v) is 4.20. The van der Waals surface area contributed by atoms with Crippen LogP contribution in [0.25, 0.3) is 4.48 Å². The Bertz CT molecular complexity index is 636. The van der Waals surface area contributed by atoms with Crippen LogP contribution >= 0.6 is 15.9 Å². The normalized spacial score (nSPS) is 17.4. The van der Waals surface area contributed by atoms with Gasteiger partial charge in [-0.3, -0.25) is 4.79 Å². The van der Waals surface area contributed by atoms with Crippen molar-refractivity contribution >= 4 is 26.2 Å². The summed E-state index contributed by atoms with van der Waals surface area (Å²) in [5, 5.41) is 0. The number of methoxy groups -OCH3 is 3. The summed E-state index contributed by atoms with van der Waals surface area (Å²) in [6.45, 7) is 3.88. The van der Waals surface area contributed by atoms with Crippen LogP contribution in [0.1, 0.15) is 36.2 Å². The van der Waals surface area contributed by atoms with Crippen molar-refractivity contribution in [2.45, 2.75) is 32.5 Å². The monoisotopic (exact) mass is 384 g/mol. The molecule has 0 saturated carbocycles. The number of hydrogen-bond donors (Lipinski definition) is 0. The third-order valence-electron chi connectivity index (χ3n) is 3.54. The van der Waals surface area contributed by atoms with Crippen molar-refractivity contribution in [3.05, 3.63) is 23.3 Å². The van der Waals surface area contributed by atoms with E-state index in [9.17, 15) is 4.79 Å². The highest BCUT2D eigenvalue weighted by atomic mass is 79.9. The van der Waals surface area contributed by atoms with Crippen LogP contribution in [-0.4, -0.2) is 39.3 Å². The number of halogens is 1. The molecule has 0 fully saturated rings. The van der Waals surface area contributed by atoms with E-state index in [0.717, 1.165) is 4.48 Å². The van der Waals surface area contributed by atoms with E-state index in [1.165, 1.54) is 21.3 Å². The molecular formula is C17H21BrO5. The lowest BCUT2D eigenvalue weighted by Crippen LogP contribution is -2.18. The molecule has 0 bridgehead atoms. The summed E-state index contributed by atoms with van der Waals surface area (Å²) in [5.41, 5.74) is 1.18. The Morgan fingerprint density at radius 2 is 1.78 bits per heavy atom. The lowest BCUT2D eigenvalue weighted by atomic mass is 10.0. The Labute approximate surface area is 144 Å². The van der Waals surface area contributed by atoms with Gasteiger partial charge in [-0.05, 0) is 26.0 Å². The molecule has 0 aromatic heterocycles. The average molecular weight is 385 g/mol. The molecule has 1 unspecified atom stereocenters. The van der Waals surface area contributed by atoms with E-state index in [-0.39, 0.29) is 24.4 Å². The minimum absolute atomic E-state index is 0.0246. The Hall–Kier alpha value is -1.53. The van der Waals surface area contributed by atoms with Gasteiger partial charge < -0.3 is 18.9 Å². The Morgan fingerprint density at radius 3 is 2.30 bits per heavy atom. The molecule has 0 aliphatic heterocycles. The van der Waals surface area contributed by atoms with Gasteiger partial charge in [0.1, 0.15) is 0 Å². The highest BCUT2D eigenvalue weighted by Crippen LogP contribution is 2.47. The summed E-state index contributed by atoms with van der Waals surface area (Å²) in [5.74, 6) is 1.34. The third kappa shape index (κ3) is 3.53. The minimum Gasteiger partial charge on any atom is -0.493 e. The van der Waals surface area contributed by atoms with Gasteiger partial charge in [-0.15, -0.1) is 0 Å². The van der Waals surface area contributed by atoms with Crippen molar-refractivity contribution in [1.82, 2.24) is 0 Å². The SMILES string of the molecule is COc1cc2c(c(OC)c1OC)C(Br)=CC(OC(C)C)CC2=O. The fourth-order valence-corrected chi connectivity index (χ4v) is 3.34. The van der Waals surface area contributed by atoms with Gasteiger partial charge in [0, 0.05) is 22.0 Å². The van der Waals surface area contributed by atoms with Gasteiger partial charge in [-0.25, -0.2) is 0 Å². The number of ketones is 1. The minimum atomic E-state index is -0.300. The van der Waals surface area contributed by atoms with Crippen molar-refractivity contribution in [2.75, 3.05) is 21.3 Å². The molecule has 1 atom stereocenters. The summed E-state index contributed by atoms with van der Waals surface area (Å²) in [6, 6.07) is 1.69. The van der Waals surface area contributed by atoms with Gasteiger partial charge in [0.05, 0.1) is 33.5 Å². The van der Waals surface area contributed by atoms with Crippen LogP contribution < -0.4 is 14.2 Å². The van der Waals surface area contributed by atoms with E-state index in [1.54, 1.807) is 6.07 Å². The van der Waals surface area contributed by atoms with Crippen molar-refractivity contribution in [1.29, 1.82) is 0 Å². The summed E-state index contributed by atoms with van der Waals surface area (Å²) >= 11 is 3.55. The zero-order chi connectivity index (χ0) is 17.1. The Balaban J connectivity index is 2.65. The maximum Gasteiger partial charge on any atom is 0.203 e. The molecule has 1 aromatic rings. The molecule has 5 nitrogen and oxygen atoms in total. The molecule has 6 heteroatoms. The number of carbonyl (C=O) groups excluding carboxylic acids is 1. The second kappa shape index (κ2) is 7.36. The number of benzene rings is 1. The average Bonchev–Trinajstić information content (AvgIpc) is 2.61. The zero-order valence-electron chi connectivity index (χ0n) is 13.9. The maximum absolute atomic E-state index is 12.7. The van der Waals surface area contributed by atoms with Gasteiger partial charge in [-0.1, -0.05) is 15.9 Å².